The standard InChI is InChI=1S/C14H23NO3S/c1-12(2)18-11-5-4-10-15-13-6-8-14(9-7-13)19(3,16)17/h6-9,12,15H,4-5,10-11H2,1-3H3. The van der Waals surface area contributed by atoms with E-state index in [9.17, 15) is 8.42 Å². The second-order valence-corrected chi connectivity index (χ2v) is 6.87. The van der Waals surface area contributed by atoms with E-state index in [2.05, 4.69) is 5.32 Å². The Hall–Kier alpha value is -1.07. The van der Waals surface area contributed by atoms with Crippen molar-refractivity contribution in [1.82, 2.24) is 0 Å². The molecular weight excluding hydrogens is 262 g/mol. The fraction of sp³-hybridized carbons (Fsp3) is 0.571. The fourth-order valence-electron chi connectivity index (χ4n) is 1.60. The second kappa shape index (κ2) is 7.50. The van der Waals surface area contributed by atoms with Crippen LogP contribution < -0.4 is 5.32 Å². The van der Waals surface area contributed by atoms with Gasteiger partial charge < -0.3 is 10.1 Å². The highest BCUT2D eigenvalue weighted by molar-refractivity contribution is 7.90. The van der Waals surface area contributed by atoms with Gasteiger partial charge in [-0.3, -0.25) is 0 Å². The molecule has 0 heterocycles. The number of anilines is 1. The van der Waals surface area contributed by atoms with Gasteiger partial charge in [0.2, 0.25) is 0 Å². The first-order valence-corrected chi connectivity index (χ1v) is 8.44. The van der Waals surface area contributed by atoms with Crippen molar-refractivity contribution >= 4 is 15.5 Å². The fourth-order valence-corrected chi connectivity index (χ4v) is 2.23. The molecule has 1 N–H and O–H groups in total. The molecule has 0 fully saturated rings. The third kappa shape index (κ3) is 6.59. The molecule has 0 aliphatic rings. The van der Waals surface area contributed by atoms with Gasteiger partial charge in [-0.15, -0.1) is 0 Å². The van der Waals surface area contributed by atoms with Crippen LogP contribution in [0.15, 0.2) is 29.2 Å². The zero-order valence-electron chi connectivity index (χ0n) is 11.8. The van der Waals surface area contributed by atoms with Crippen LogP contribution in [0.1, 0.15) is 26.7 Å². The third-order valence-corrected chi connectivity index (χ3v) is 3.76. The maximum atomic E-state index is 11.3. The topological polar surface area (TPSA) is 55.4 Å². The highest BCUT2D eigenvalue weighted by atomic mass is 32.2. The van der Waals surface area contributed by atoms with E-state index in [1.165, 1.54) is 6.26 Å². The van der Waals surface area contributed by atoms with Crippen molar-refractivity contribution in [2.75, 3.05) is 24.7 Å². The number of unbranched alkanes of at least 4 members (excludes halogenated alkanes) is 1. The van der Waals surface area contributed by atoms with E-state index in [4.69, 9.17) is 4.74 Å². The number of benzene rings is 1. The lowest BCUT2D eigenvalue weighted by atomic mass is 10.3. The van der Waals surface area contributed by atoms with Gasteiger partial charge in [0.15, 0.2) is 9.84 Å². The van der Waals surface area contributed by atoms with E-state index in [0.29, 0.717) is 4.90 Å². The highest BCUT2D eigenvalue weighted by Crippen LogP contribution is 2.13. The minimum absolute atomic E-state index is 0.288. The maximum Gasteiger partial charge on any atom is 0.175 e. The number of hydrogen-bond donors (Lipinski definition) is 1. The molecule has 19 heavy (non-hydrogen) atoms. The SMILES string of the molecule is CC(C)OCCCCNc1ccc(S(C)(=O)=O)cc1. The van der Waals surface area contributed by atoms with Gasteiger partial charge in [0, 0.05) is 25.1 Å². The second-order valence-electron chi connectivity index (χ2n) is 4.85. The maximum absolute atomic E-state index is 11.3. The Labute approximate surface area is 116 Å². The van der Waals surface area contributed by atoms with Crippen LogP contribution in [0, 0.1) is 0 Å². The monoisotopic (exact) mass is 285 g/mol. The average Bonchev–Trinajstić information content (AvgIpc) is 2.32. The van der Waals surface area contributed by atoms with Gasteiger partial charge in [-0.2, -0.15) is 0 Å². The van der Waals surface area contributed by atoms with E-state index in [0.717, 1.165) is 31.7 Å². The van der Waals surface area contributed by atoms with Crippen LogP contribution in [0.3, 0.4) is 0 Å². The molecule has 1 aromatic carbocycles. The molecule has 0 amide bonds. The van der Waals surface area contributed by atoms with Crippen molar-refractivity contribution in [3.8, 4) is 0 Å². The molecule has 0 aromatic heterocycles. The van der Waals surface area contributed by atoms with Gasteiger partial charge in [-0.25, -0.2) is 8.42 Å². The van der Waals surface area contributed by atoms with Gasteiger partial charge in [-0.1, -0.05) is 0 Å². The number of sulfone groups is 1. The summed E-state index contributed by atoms with van der Waals surface area (Å²) in [7, 11) is -3.10. The van der Waals surface area contributed by atoms with Gasteiger partial charge in [-0.05, 0) is 51.0 Å². The van der Waals surface area contributed by atoms with Crippen molar-refractivity contribution in [1.29, 1.82) is 0 Å². The molecule has 0 aliphatic heterocycles. The average molecular weight is 285 g/mol. The van der Waals surface area contributed by atoms with Gasteiger partial charge in [0.05, 0.1) is 11.0 Å². The van der Waals surface area contributed by atoms with Gasteiger partial charge in [0.1, 0.15) is 0 Å². The molecule has 0 bridgehead atoms. The van der Waals surface area contributed by atoms with Crippen molar-refractivity contribution < 1.29 is 13.2 Å². The lowest BCUT2D eigenvalue weighted by Crippen LogP contribution is -2.07. The first-order chi connectivity index (χ1) is 8.89. The molecule has 0 aliphatic carbocycles. The van der Waals surface area contributed by atoms with Crippen molar-refractivity contribution in [2.45, 2.75) is 37.7 Å². The summed E-state index contributed by atoms with van der Waals surface area (Å²) in [5, 5.41) is 3.26. The Morgan fingerprint density at radius 2 is 1.79 bits per heavy atom. The van der Waals surface area contributed by atoms with Crippen LogP contribution in [0.5, 0.6) is 0 Å². The van der Waals surface area contributed by atoms with Crippen LogP contribution >= 0.6 is 0 Å². The van der Waals surface area contributed by atoms with Crippen molar-refractivity contribution in [3.63, 3.8) is 0 Å². The summed E-state index contributed by atoms with van der Waals surface area (Å²) < 4.78 is 28.0. The minimum atomic E-state index is -3.10. The van der Waals surface area contributed by atoms with E-state index >= 15 is 0 Å². The molecule has 0 radical (unpaired) electrons. The zero-order valence-corrected chi connectivity index (χ0v) is 12.7. The first-order valence-electron chi connectivity index (χ1n) is 6.55. The Morgan fingerprint density at radius 1 is 1.16 bits per heavy atom. The molecule has 0 unspecified atom stereocenters. The zero-order chi connectivity index (χ0) is 14.3. The molecule has 108 valence electrons. The van der Waals surface area contributed by atoms with Crippen molar-refractivity contribution in [3.05, 3.63) is 24.3 Å². The van der Waals surface area contributed by atoms with E-state index < -0.39 is 9.84 Å². The Morgan fingerprint density at radius 3 is 2.32 bits per heavy atom. The molecule has 0 saturated heterocycles. The summed E-state index contributed by atoms with van der Waals surface area (Å²) in [6.07, 6.45) is 3.55. The van der Waals surface area contributed by atoms with Crippen LogP contribution in [-0.2, 0) is 14.6 Å². The Bertz CT molecular complexity index is 466. The van der Waals surface area contributed by atoms with Gasteiger partial charge >= 0.3 is 0 Å². The molecule has 4 nitrogen and oxygen atoms in total. The summed E-state index contributed by atoms with van der Waals surface area (Å²) in [4.78, 5) is 0.350. The molecule has 0 saturated carbocycles. The number of nitrogens with one attached hydrogen (secondary N) is 1. The highest BCUT2D eigenvalue weighted by Gasteiger charge is 2.05. The van der Waals surface area contributed by atoms with Crippen LogP contribution in [0.4, 0.5) is 5.69 Å². The van der Waals surface area contributed by atoms with E-state index in [-0.39, 0.29) is 6.10 Å². The number of ether oxygens (including phenoxy) is 1. The minimum Gasteiger partial charge on any atom is -0.385 e. The summed E-state index contributed by atoms with van der Waals surface area (Å²) >= 11 is 0. The summed E-state index contributed by atoms with van der Waals surface area (Å²) in [5.74, 6) is 0. The van der Waals surface area contributed by atoms with Crippen LogP contribution in [0.25, 0.3) is 0 Å². The summed E-state index contributed by atoms with van der Waals surface area (Å²) in [6.45, 7) is 5.70. The van der Waals surface area contributed by atoms with Gasteiger partial charge in [0.25, 0.3) is 0 Å². The summed E-state index contributed by atoms with van der Waals surface area (Å²) in [6, 6.07) is 6.83. The smallest absolute Gasteiger partial charge is 0.175 e. The van der Waals surface area contributed by atoms with Crippen molar-refractivity contribution in [2.24, 2.45) is 0 Å². The molecule has 5 heteroatoms. The lowest BCUT2D eigenvalue weighted by molar-refractivity contribution is 0.0765. The quantitative estimate of drug-likeness (QED) is 0.746. The Kier molecular flexibility index (Phi) is 6.31. The largest absolute Gasteiger partial charge is 0.385 e. The third-order valence-electron chi connectivity index (χ3n) is 2.63. The molecule has 0 atom stereocenters. The predicted octanol–water partition coefficient (Wildman–Crippen LogP) is 2.71. The van der Waals surface area contributed by atoms with Crippen LogP contribution in [-0.4, -0.2) is 33.9 Å². The molecular formula is C14H23NO3S. The van der Waals surface area contributed by atoms with E-state index in [1.807, 2.05) is 13.8 Å². The Balaban J connectivity index is 2.27. The first kappa shape index (κ1) is 16.0. The molecule has 1 aromatic rings. The lowest BCUT2D eigenvalue weighted by Gasteiger charge is -2.09. The molecule has 0 spiro atoms. The molecule has 1 rings (SSSR count). The normalized spacial score (nSPS) is 11.8. The number of rotatable bonds is 8. The number of hydrogen-bond acceptors (Lipinski definition) is 4. The predicted molar refractivity (Wildman–Crippen MR) is 78.4 cm³/mol. The van der Waals surface area contributed by atoms with Crippen LogP contribution in [0.2, 0.25) is 0 Å². The van der Waals surface area contributed by atoms with E-state index in [1.54, 1.807) is 24.3 Å². The summed E-state index contributed by atoms with van der Waals surface area (Å²) in [5.41, 5.74) is 0.942.